The fourth-order valence-electron chi connectivity index (χ4n) is 3.26. The lowest BCUT2D eigenvalue weighted by atomic mass is 9.93. The minimum Gasteiger partial charge on any atom is -0.465 e. The molecule has 0 heterocycles. The third-order valence-electron chi connectivity index (χ3n) is 6.58. The molecule has 0 rings (SSSR count). The van der Waals surface area contributed by atoms with Gasteiger partial charge in [-0.1, -0.05) is 6.92 Å². The van der Waals surface area contributed by atoms with E-state index in [1.807, 2.05) is 0 Å². The molecule has 0 saturated carbocycles. The van der Waals surface area contributed by atoms with Crippen LogP contribution in [0.5, 0.6) is 0 Å². The SMILES string of the molecule is CCC(CC(=O)OCCC(F)(F)C(F)(F)C(F)(F)C(F)(F)C(F)(F)C(F)(F)F)C(=O)OCCC(F)(F)C(F)(F)C(F)(F)C(F)(F)C(F)(F)C(F)(F)F. The van der Waals surface area contributed by atoms with Crippen LogP contribution in [0.4, 0.5) is 114 Å². The van der Waals surface area contributed by atoms with E-state index in [0.717, 1.165) is 6.92 Å². The number of alkyl halides is 26. The Morgan fingerprint density at radius 1 is 0.423 bits per heavy atom. The Kier molecular flexibility index (Phi) is 13.6. The van der Waals surface area contributed by atoms with Crippen molar-refractivity contribution in [2.24, 2.45) is 5.92 Å². The number of rotatable bonds is 18. The number of hydrogen-bond acceptors (Lipinski definition) is 4. The summed E-state index contributed by atoms with van der Waals surface area (Å²) in [6.45, 7) is -3.82. The molecule has 0 spiro atoms. The Morgan fingerprint density at radius 2 is 0.692 bits per heavy atom. The predicted octanol–water partition coefficient (Wildman–Crippen LogP) is 9.75. The molecule has 1 unspecified atom stereocenters. The molecule has 4 nitrogen and oxygen atoms in total. The maximum atomic E-state index is 13.8. The summed E-state index contributed by atoms with van der Waals surface area (Å²) in [7, 11) is 0. The summed E-state index contributed by atoms with van der Waals surface area (Å²) >= 11 is 0. The molecule has 0 aromatic rings. The van der Waals surface area contributed by atoms with E-state index in [1.165, 1.54) is 0 Å². The van der Waals surface area contributed by atoms with E-state index >= 15 is 0 Å². The first-order valence-corrected chi connectivity index (χ1v) is 12.7. The lowest BCUT2D eigenvalue weighted by Crippen LogP contribution is -2.70. The van der Waals surface area contributed by atoms with E-state index in [9.17, 15) is 124 Å². The van der Waals surface area contributed by atoms with Crippen LogP contribution in [0, 0.1) is 5.92 Å². The normalized spacial score (nSPS) is 16.1. The highest BCUT2D eigenvalue weighted by Gasteiger charge is 2.92. The molecule has 0 aliphatic rings. The summed E-state index contributed by atoms with van der Waals surface area (Å²) in [6, 6.07) is 0. The number of esters is 2. The summed E-state index contributed by atoms with van der Waals surface area (Å²) in [5.41, 5.74) is 0. The van der Waals surface area contributed by atoms with Crippen LogP contribution < -0.4 is 0 Å². The van der Waals surface area contributed by atoms with Crippen molar-refractivity contribution in [1.82, 2.24) is 0 Å². The first-order valence-electron chi connectivity index (χ1n) is 12.7. The number of hydrogen-bond donors (Lipinski definition) is 0. The quantitative estimate of drug-likeness (QED) is 0.102. The van der Waals surface area contributed by atoms with Crippen molar-refractivity contribution in [3.05, 3.63) is 0 Å². The van der Waals surface area contributed by atoms with Gasteiger partial charge in [0.15, 0.2) is 0 Å². The van der Waals surface area contributed by atoms with E-state index in [2.05, 4.69) is 9.47 Å². The maximum absolute atomic E-state index is 13.8. The zero-order valence-corrected chi connectivity index (χ0v) is 24.3. The van der Waals surface area contributed by atoms with E-state index in [1.54, 1.807) is 0 Å². The molecule has 0 N–H and O–H groups in total. The Bertz CT molecular complexity index is 1250. The van der Waals surface area contributed by atoms with Gasteiger partial charge in [-0.2, -0.15) is 114 Å². The maximum Gasteiger partial charge on any atom is 0.460 e. The summed E-state index contributed by atoms with van der Waals surface area (Å²) in [6.07, 6.45) is -23.9. The van der Waals surface area contributed by atoms with Crippen LogP contribution in [-0.2, 0) is 19.1 Å². The average Bonchev–Trinajstić information content (AvgIpc) is 2.93. The largest absolute Gasteiger partial charge is 0.465 e. The number of carbonyl (C=O) groups excluding carboxylic acids is 2. The van der Waals surface area contributed by atoms with Crippen LogP contribution in [0.25, 0.3) is 0 Å². The summed E-state index contributed by atoms with van der Waals surface area (Å²) < 4.78 is 348. The number of ether oxygens (including phenoxy) is 2. The lowest BCUT2D eigenvalue weighted by molar-refractivity contribution is -0.440. The smallest absolute Gasteiger partial charge is 0.460 e. The van der Waals surface area contributed by atoms with Crippen molar-refractivity contribution in [3.63, 3.8) is 0 Å². The molecule has 0 fully saturated rings. The molecule has 0 radical (unpaired) electrons. The molecule has 0 aliphatic carbocycles. The second-order valence-corrected chi connectivity index (χ2v) is 10.2. The topological polar surface area (TPSA) is 52.6 Å². The molecular formula is C22H16F26O4. The Labute approximate surface area is 269 Å². The minimum atomic E-state index is -8.25. The summed E-state index contributed by atoms with van der Waals surface area (Å²) in [4.78, 5) is 23.6. The predicted molar refractivity (Wildman–Crippen MR) is 111 cm³/mol. The van der Waals surface area contributed by atoms with Crippen molar-refractivity contribution >= 4 is 11.9 Å². The van der Waals surface area contributed by atoms with Crippen LogP contribution in [0.15, 0.2) is 0 Å². The first kappa shape index (κ1) is 49.1. The van der Waals surface area contributed by atoms with Crippen molar-refractivity contribution < 1.29 is 133 Å². The van der Waals surface area contributed by atoms with Gasteiger partial charge in [-0.05, 0) is 6.42 Å². The summed E-state index contributed by atoms with van der Waals surface area (Å²) in [5.74, 6) is -84.3. The third kappa shape index (κ3) is 8.12. The molecule has 1 atom stereocenters. The van der Waals surface area contributed by atoms with Gasteiger partial charge in [0.05, 0.1) is 38.4 Å². The van der Waals surface area contributed by atoms with Gasteiger partial charge in [0.1, 0.15) is 0 Å². The molecule has 0 amide bonds. The van der Waals surface area contributed by atoms with Gasteiger partial charge >= 0.3 is 83.5 Å². The van der Waals surface area contributed by atoms with Crippen molar-refractivity contribution in [2.45, 2.75) is 104 Å². The monoisotopic (exact) mass is 838 g/mol. The fourth-order valence-corrected chi connectivity index (χ4v) is 3.26. The second kappa shape index (κ2) is 14.4. The molecule has 52 heavy (non-hydrogen) atoms. The van der Waals surface area contributed by atoms with Crippen LogP contribution in [-0.4, -0.2) is 96.7 Å². The van der Waals surface area contributed by atoms with Crippen molar-refractivity contribution in [2.75, 3.05) is 13.2 Å². The molecule has 0 aliphatic heterocycles. The molecule has 0 saturated heterocycles. The van der Waals surface area contributed by atoms with Crippen LogP contribution in [0.2, 0.25) is 0 Å². The highest BCUT2D eigenvalue weighted by molar-refractivity contribution is 5.79. The number of carbonyl (C=O) groups is 2. The Hall–Kier alpha value is -2.88. The van der Waals surface area contributed by atoms with Crippen LogP contribution >= 0.6 is 0 Å². The van der Waals surface area contributed by atoms with Crippen molar-refractivity contribution in [3.8, 4) is 0 Å². The molecular weight excluding hydrogens is 822 g/mol. The van der Waals surface area contributed by atoms with E-state index < -0.39 is 128 Å². The van der Waals surface area contributed by atoms with E-state index in [-0.39, 0.29) is 0 Å². The average molecular weight is 838 g/mol. The molecule has 0 aromatic heterocycles. The zero-order chi connectivity index (χ0) is 42.4. The second-order valence-electron chi connectivity index (χ2n) is 10.2. The van der Waals surface area contributed by atoms with Gasteiger partial charge < -0.3 is 9.47 Å². The van der Waals surface area contributed by atoms with E-state index in [0.29, 0.717) is 0 Å². The highest BCUT2D eigenvalue weighted by atomic mass is 19.4. The fraction of sp³-hybridized carbons (Fsp3) is 0.909. The van der Waals surface area contributed by atoms with Crippen LogP contribution in [0.3, 0.4) is 0 Å². The summed E-state index contributed by atoms with van der Waals surface area (Å²) in [5, 5.41) is 0. The van der Waals surface area contributed by atoms with Gasteiger partial charge in [0.25, 0.3) is 0 Å². The van der Waals surface area contributed by atoms with Crippen molar-refractivity contribution in [1.29, 1.82) is 0 Å². The van der Waals surface area contributed by atoms with Gasteiger partial charge in [-0.25, -0.2) is 0 Å². The third-order valence-corrected chi connectivity index (χ3v) is 6.58. The van der Waals surface area contributed by atoms with Gasteiger partial charge in [0, 0.05) is 0 Å². The van der Waals surface area contributed by atoms with Gasteiger partial charge in [-0.15, -0.1) is 0 Å². The van der Waals surface area contributed by atoms with E-state index in [4.69, 9.17) is 0 Å². The highest BCUT2D eigenvalue weighted by Crippen LogP contribution is 2.62. The zero-order valence-electron chi connectivity index (χ0n) is 24.3. The Balaban J connectivity index is 5.63. The minimum absolute atomic E-state index is 0.819. The molecule has 0 aromatic carbocycles. The standard InChI is InChI=1S/C22H16F26O4/c1-2-8(10(50)52-6-4-12(25,26)14(29,30)16(33,34)18(37,38)20(41,42)22(46,47)48)7-9(49)51-5-3-11(23,24)13(27,28)15(31,32)17(35,36)19(39,40)21(43,44)45/h8H,2-7H2,1H3. The first-order chi connectivity index (χ1) is 22.4. The molecule has 310 valence electrons. The van der Waals surface area contributed by atoms with Gasteiger partial charge in [-0.3, -0.25) is 9.59 Å². The lowest BCUT2D eigenvalue weighted by Gasteiger charge is -2.39. The number of halogens is 26. The molecule has 30 heteroatoms. The molecule has 0 bridgehead atoms. The Morgan fingerprint density at radius 3 is 0.962 bits per heavy atom. The van der Waals surface area contributed by atoms with Crippen LogP contribution in [0.1, 0.15) is 32.6 Å². The van der Waals surface area contributed by atoms with Gasteiger partial charge in [0.2, 0.25) is 0 Å².